The first-order valence-corrected chi connectivity index (χ1v) is 13.0. The van der Waals surface area contributed by atoms with Crippen molar-refractivity contribution in [1.82, 2.24) is 19.9 Å². The molecule has 12 nitrogen and oxygen atoms in total. The predicted molar refractivity (Wildman–Crippen MR) is 151 cm³/mol. The molecule has 0 aliphatic heterocycles. The van der Waals surface area contributed by atoms with Crippen LogP contribution in [0.15, 0.2) is 71.9 Å². The minimum atomic E-state index is -3.73. The van der Waals surface area contributed by atoms with Gasteiger partial charge in [0.2, 0.25) is 17.3 Å². The Morgan fingerprint density at radius 3 is 2.05 bits per heavy atom. The van der Waals surface area contributed by atoms with Crippen molar-refractivity contribution >= 4 is 25.6 Å². The van der Waals surface area contributed by atoms with Gasteiger partial charge >= 0.3 is 5.97 Å². The number of nitrogens with one attached hydrogen (secondary N) is 1. The predicted octanol–water partition coefficient (Wildman–Crippen LogP) is 2.98. The van der Waals surface area contributed by atoms with E-state index in [4.69, 9.17) is 22.1 Å². The zero-order valence-corrected chi connectivity index (χ0v) is 23.5. The highest BCUT2D eigenvalue weighted by Crippen LogP contribution is 2.43. The van der Waals surface area contributed by atoms with E-state index < -0.39 is 17.5 Å². The first kappa shape index (κ1) is 30.0. The van der Waals surface area contributed by atoms with Crippen LogP contribution in [0, 0.1) is 0 Å². The summed E-state index contributed by atoms with van der Waals surface area (Å²) in [6.07, 6.45) is 2.91. The topological polar surface area (TPSA) is 172 Å². The fourth-order valence-electron chi connectivity index (χ4n) is 3.33. The number of methoxy groups -OCH3 is 1. The molecule has 0 spiro atoms. The number of para-hydroxylation sites is 2. The molecule has 41 heavy (non-hydrogen) atoms. The summed E-state index contributed by atoms with van der Waals surface area (Å²) in [5.41, 5.74) is -2.50. The molecule has 0 aliphatic rings. The molecule has 0 saturated carbocycles. The maximum absolute atomic E-state index is 10.3. The van der Waals surface area contributed by atoms with Gasteiger partial charge in [0.25, 0.3) is 5.88 Å². The van der Waals surface area contributed by atoms with Gasteiger partial charge < -0.3 is 39.4 Å². The number of aromatic nitrogens is 4. The molecule has 4 rings (SSSR count). The van der Waals surface area contributed by atoms with Crippen molar-refractivity contribution in [3.63, 3.8) is 0 Å². The molecule has 0 fully saturated rings. The molecule has 4 aromatic rings. The van der Waals surface area contributed by atoms with Gasteiger partial charge in [-0.3, -0.25) is 0 Å². The van der Waals surface area contributed by atoms with Gasteiger partial charge in [-0.05, 0) is 53.3 Å². The third kappa shape index (κ3) is 7.23. The zero-order chi connectivity index (χ0) is 29.8. The highest BCUT2D eigenvalue weighted by Gasteiger charge is 2.47. The molecule has 0 unspecified atom stereocenters. The van der Waals surface area contributed by atoms with E-state index in [1.165, 1.54) is 31.5 Å². The van der Waals surface area contributed by atoms with Gasteiger partial charge in [-0.25, -0.2) is 15.0 Å². The lowest BCUT2D eigenvalue weighted by Crippen LogP contribution is -2.59. The number of aliphatic hydroxyl groups is 4. The molecule has 0 aliphatic carbocycles. The average Bonchev–Trinajstić information content (AvgIpc) is 2.92. The Labute approximate surface area is 242 Å². The largest absolute Gasteiger partial charge is 0.493 e. The Morgan fingerprint density at radius 2 is 1.46 bits per heavy atom. The maximum atomic E-state index is 10.3. The SMILES string of the molecule is [B]C(O)(O)C(O)(O)Oc1nc(-c2ncccn2)nc(NSc2ccc(C(C)(C)C)cc2)c1Oc1ccccc1OC. The van der Waals surface area contributed by atoms with Crippen LogP contribution in [0.25, 0.3) is 11.6 Å². The quantitative estimate of drug-likeness (QED) is 0.106. The lowest BCUT2D eigenvalue weighted by Gasteiger charge is -2.32. The molecular weight excluding hydrogens is 549 g/mol. The van der Waals surface area contributed by atoms with Crippen LogP contribution >= 0.6 is 11.9 Å². The molecule has 212 valence electrons. The number of benzene rings is 2. The molecule has 2 heterocycles. The lowest BCUT2D eigenvalue weighted by molar-refractivity contribution is -0.402. The number of hydrogen-bond donors (Lipinski definition) is 5. The van der Waals surface area contributed by atoms with Crippen LogP contribution in [0.5, 0.6) is 23.1 Å². The van der Waals surface area contributed by atoms with Gasteiger partial charge in [0, 0.05) is 17.3 Å². The minimum absolute atomic E-state index is 0.0115. The van der Waals surface area contributed by atoms with Gasteiger partial charge in [0.05, 0.1) is 7.11 Å². The highest BCUT2D eigenvalue weighted by molar-refractivity contribution is 8.00. The molecule has 14 heteroatoms. The summed E-state index contributed by atoms with van der Waals surface area (Å²) in [6, 6.07) is 16.1. The van der Waals surface area contributed by atoms with Crippen molar-refractivity contribution in [2.24, 2.45) is 0 Å². The summed E-state index contributed by atoms with van der Waals surface area (Å²) in [7, 11) is 6.55. The molecule has 5 N–H and O–H groups in total. The van der Waals surface area contributed by atoms with Gasteiger partial charge in [-0.1, -0.05) is 45.0 Å². The monoisotopic (exact) mass is 577 g/mol. The third-order valence-electron chi connectivity index (χ3n) is 5.59. The average molecular weight is 577 g/mol. The van der Waals surface area contributed by atoms with Gasteiger partial charge in [-0.15, -0.1) is 0 Å². The van der Waals surface area contributed by atoms with Crippen molar-refractivity contribution in [3.05, 3.63) is 72.6 Å². The fourth-order valence-corrected chi connectivity index (χ4v) is 3.95. The Kier molecular flexibility index (Phi) is 8.70. The molecule has 0 bridgehead atoms. The highest BCUT2D eigenvalue weighted by atomic mass is 32.2. The van der Waals surface area contributed by atoms with E-state index in [1.54, 1.807) is 30.3 Å². The van der Waals surface area contributed by atoms with E-state index in [1.807, 2.05) is 24.3 Å². The van der Waals surface area contributed by atoms with Crippen molar-refractivity contribution in [2.45, 2.75) is 42.7 Å². The Morgan fingerprint density at radius 1 is 0.829 bits per heavy atom. The normalized spacial score (nSPS) is 12.1. The van der Waals surface area contributed by atoms with Crippen LogP contribution < -0.4 is 18.9 Å². The minimum Gasteiger partial charge on any atom is -0.493 e. The van der Waals surface area contributed by atoms with Crippen LogP contribution in [0.4, 0.5) is 5.82 Å². The van der Waals surface area contributed by atoms with Crippen LogP contribution in [0.1, 0.15) is 26.3 Å². The Bertz CT molecular complexity index is 1480. The van der Waals surface area contributed by atoms with E-state index in [-0.39, 0.29) is 34.4 Å². The molecule has 0 atom stereocenters. The second-order valence-corrected chi connectivity index (χ2v) is 10.7. The Hall–Kier alpha value is -3.95. The number of nitrogens with zero attached hydrogens (tertiary/aromatic N) is 4. The maximum Gasteiger partial charge on any atom is 0.369 e. The van der Waals surface area contributed by atoms with Crippen molar-refractivity contribution in [1.29, 1.82) is 0 Å². The van der Waals surface area contributed by atoms with Gasteiger partial charge in [0.15, 0.2) is 31.0 Å². The summed E-state index contributed by atoms with van der Waals surface area (Å²) < 4.78 is 19.6. The number of hydrogen-bond acceptors (Lipinski definition) is 13. The molecule has 0 saturated heterocycles. The van der Waals surface area contributed by atoms with E-state index >= 15 is 0 Å². The van der Waals surface area contributed by atoms with Gasteiger partial charge in [0.1, 0.15) is 0 Å². The van der Waals surface area contributed by atoms with Gasteiger partial charge in [-0.2, -0.15) is 4.98 Å². The van der Waals surface area contributed by atoms with Crippen molar-refractivity contribution in [3.8, 4) is 34.8 Å². The number of ether oxygens (including phenoxy) is 3. The van der Waals surface area contributed by atoms with Crippen LogP contribution in [0.3, 0.4) is 0 Å². The summed E-state index contributed by atoms with van der Waals surface area (Å²) in [5, 5.41) is 39.9. The van der Waals surface area contributed by atoms with Crippen LogP contribution in [0.2, 0.25) is 0 Å². The number of rotatable bonds is 10. The first-order valence-electron chi connectivity index (χ1n) is 12.2. The van der Waals surface area contributed by atoms with Crippen LogP contribution in [-0.2, 0) is 5.41 Å². The van der Waals surface area contributed by atoms with E-state index in [0.717, 1.165) is 10.5 Å². The lowest BCUT2D eigenvalue weighted by atomic mass is 9.87. The molecule has 2 radical (unpaired) electrons. The molecule has 2 aromatic heterocycles. The number of anilines is 1. The second kappa shape index (κ2) is 11.9. The second-order valence-electron chi connectivity index (χ2n) is 9.77. The van der Waals surface area contributed by atoms with Crippen molar-refractivity contribution < 1.29 is 34.6 Å². The Balaban J connectivity index is 1.83. The standard InChI is InChI=1S/C27H28BN5O7S/c1-25(2,3)16-10-12-17(13-11-16)41-33-21-20(39-19-9-6-5-8-18(19)38-4)24(40-27(36,37)26(28,34)35)32-23(31-21)22-29-14-7-15-30-22/h5-15,34-37H,1-4H3,(H,31,32,33). The van der Waals surface area contributed by atoms with E-state index in [2.05, 4.69) is 45.4 Å². The molecule has 2 aromatic carbocycles. The van der Waals surface area contributed by atoms with Crippen LogP contribution in [-0.4, -0.2) is 67.0 Å². The third-order valence-corrected chi connectivity index (χ3v) is 6.39. The first-order chi connectivity index (χ1) is 19.3. The zero-order valence-electron chi connectivity index (χ0n) is 22.6. The molecular formula is C27H28BN5O7S. The fraction of sp³-hybridized carbons (Fsp3) is 0.259. The molecule has 0 amide bonds. The summed E-state index contributed by atoms with van der Waals surface area (Å²) in [4.78, 5) is 17.7. The van der Waals surface area contributed by atoms with Crippen molar-refractivity contribution in [2.75, 3.05) is 11.8 Å². The van der Waals surface area contributed by atoms with E-state index in [0.29, 0.717) is 5.75 Å². The van der Waals surface area contributed by atoms with E-state index in [9.17, 15) is 20.4 Å². The summed E-state index contributed by atoms with van der Waals surface area (Å²) >= 11 is 1.17. The summed E-state index contributed by atoms with van der Waals surface area (Å²) in [5.74, 6) is -4.21. The summed E-state index contributed by atoms with van der Waals surface area (Å²) in [6.45, 7) is 6.34. The smallest absolute Gasteiger partial charge is 0.369 e.